The number of phosphoric ester groups is 1. The van der Waals surface area contributed by atoms with Crippen molar-refractivity contribution in [3.8, 4) is 0 Å². The van der Waals surface area contributed by atoms with Crippen LogP contribution >= 0.6 is 7.82 Å². The Labute approximate surface area is 339 Å². The molecule has 4 atom stereocenters. The fraction of sp³-hybridized carbons (Fsp3) is 0.644. The Morgan fingerprint density at radius 2 is 1.07 bits per heavy atom. The molecule has 1 aliphatic heterocycles. The zero-order valence-corrected chi connectivity index (χ0v) is 35.4. The van der Waals surface area contributed by atoms with Crippen LogP contribution in [-0.4, -0.2) is 61.5 Å². The van der Waals surface area contributed by atoms with Crippen molar-refractivity contribution >= 4 is 19.8 Å². The van der Waals surface area contributed by atoms with Gasteiger partial charge < -0.3 is 24.8 Å². The van der Waals surface area contributed by atoms with Crippen molar-refractivity contribution in [2.24, 2.45) is 5.73 Å². The zero-order valence-electron chi connectivity index (χ0n) is 34.5. The van der Waals surface area contributed by atoms with Crippen molar-refractivity contribution in [3.63, 3.8) is 0 Å². The van der Waals surface area contributed by atoms with Crippen LogP contribution in [0.2, 0.25) is 0 Å². The standard InChI is InChI=1S/C45H74NO9P/c1-3-5-7-9-11-12-13-14-15-16-17-18-19-20-23-27-31-35-44(47)51-39-41(40-53-56(49,50)52-38-37-46)54-45(48)36-32-28-24-21-22-26-30-34-43-42(55-43)33-29-25-10-8-6-4-2/h11-12,14-15,17-18,20-21,23-26,29-30,41-43H,3-10,13,16,19,22,27-28,31-40,46H2,1-2H3,(H,49,50)/b12-11-,15-14-,18-17-,23-20-,24-21-,29-25-,30-26-/t41-,42?,43?/m1/s1. The van der Waals surface area contributed by atoms with Crippen LogP contribution in [0.4, 0.5) is 0 Å². The quantitative estimate of drug-likeness (QED) is 0.0204. The normalized spacial score (nSPS) is 17.8. The first-order valence-electron chi connectivity index (χ1n) is 21.2. The minimum absolute atomic E-state index is 0.0307. The minimum Gasteiger partial charge on any atom is -0.462 e. The Kier molecular flexibility index (Phi) is 33.3. The second-order valence-corrected chi connectivity index (χ2v) is 15.3. The van der Waals surface area contributed by atoms with Crippen LogP contribution in [-0.2, 0) is 37.4 Å². The third kappa shape index (κ3) is 33.3. The first-order valence-corrected chi connectivity index (χ1v) is 22.7. The van der Waals surface area contributed by atoms with E-state index in [2.05, 4.69) is 86.8 Å². The van der Waals surface area contributed by atoms with Crippen molar-refractivity contribution < 1.29 is 42.3 Å². The van der Waals surface area contributed by atoms with Gasteiger partial charge in [0, 0.05) is 19.4 Å². The highest BCUT2D eigenvalue weighted by atomic mass is 31.2. The van der Waals surface area contributed by atoms with Gasteiger partial charge in [0.1, 0.15) is 6.61 Å². The van der Waals surface area contributed by atoms with E-state index in [4.69, 9.17) is 29.0 Å². The molecule has 0 aliphatic carbocycles. The van der Waals surface area contributed by atoms with Crippen molar-refractivity contribution in [3.05, 3.63) is 85.1 Å². The number of hydrogen-bond acceptors (Lipinski definition) is 9. The van der Waals surface area contributed by atoms with Gasteiger partial charge in [-0.05, 0) is 89.9 Å². The summed E-state index contributed by atoms with van der Waals surface area (Å²) in [5, 5.41) is 0. The van der Waals surface area contributed by atoms with Gasteiger partial charge in [-0.25, -0.2) is 4.57 Å². The van der Waals surface area contributed by atoms with Crippen LogP contribution in [0.15, 0.2) is 85.1 Å². The van der Waals surface area contributed by atoms with Gasteiger partial charge in [-0.1, -0.05) is 125 Å². The number of carbonyl (C=O) groups excluding carboxylic acids is 2. The number of rotatable bonds is 37. The van der Waals surface area contributed by atoms with Crippen LogP contribution in [0.25, 0.3) is 0 Å². The highest BCUT2D eigenvalue weighted by molar-refractivity contribution is 7.47. The smallest absolute Gasteiger partial charge is 0.462 e. The lowest BCUT2D eigenvalue weighted by Gasteiger charge is -2.19. The van der Waals surface area contributed by atoms with Gasteiger partial charge in [0.05, 0.1) is 25.4 Å². The number of nitrogens with two attached hydrogens (primary N) is 1. The molecule has 0 amide bonds. The molecule has 318 valence electrons. The Bertz CT molecular complexity index is 1260. The van der Waals surface area contributed by atoms with E-state index in [9.17, 15) is 19.0 Å². The number of phosphoric acid groups is 1. The molecule has 3 unspecified atom stereocenters. The van der Waals surface area contributed by atoms with Crippen molar-refractivity contribution in [2.75, 3.05) is 26.4 Å². The lowest BCUT2D eigenvalue weighted by Crippen LogP contribution is -2.29. The number of esters is 2. The number of hydrogen-bond donors (Lipinski definition) is 2. The molecule has 0 saturated carbocycles. The van der Waals surface area contributed by atoms with Crippen LogP contribution in [0.3, 0.4) is 0 Å². The summed E-state index contributed by atoms with van der Waals surface area (Å²) in [7, 11) is -4.41. The van der Waals surface area contributed by atoms with E-state index in [-0.39, 0.29) is 32.6 Å². The lowest BCUT2D eigenvalue weighted by molar-refractivity contribution is -0.161. The molecule has 0 spiro atoms. The van der Waals surface area contributed by atoms with E-state index in [1.54, 1.807) is 0 Å². The van der Waals surface area contributed by atoms with Gasteiger partial charge in [0.25, 0.3) is 0 Å². The van der Waals surface area contributed by atoms with Crippen molar-refractivity contribution in [2.45, 2.75) is 161 Å². The summed E-state index contributed by atoms with van der Waals surface area (Å²) in [5.74, 6) is -0.976. The predicted octanol–water partition coefficient (Wildman–Crippen LogP) is 11.0. The molecule has 1 rings (SSSR count). The van der Waals surface area contributed by atoms with Gasteiger partial charge in [-0.2, -0.15) is 0 Å². The summed E-state index contributed by atoms with van der Waals surface area (Å²) in [6.45, 7) is 3.51. The van der Waals surface area contributed by atoms with Gasteiger partial charge in [-0.3, -0.25) is 18.6 Å². The molecule has 1 aliphatic rings. The first kappa shape index (κ1) is 51.2. The highest BCUT2D eigenvalue weighted by Gasteiger charge is 2.36. The summed E-state index contributed by atoms with van der Waals surface area (Å²) in [6.07, 6.45) is 48.0. The first-order chi connectivity index (χ1) is 27.3. The number of carbonyl (C=O) groups is 2. The Balaban J connectivity index is 2.29. The Hall–Kier alpha value is -2.85. The molecule has 0 aromatic rings. The minimum atomic E-state index is -4.41. The lowest BCUT2D eigenvalue weighted by atomic mass is 10.1. The molecule has 0 aromatic carbocycles. The molecular formula is C45H74NO9P. The molecule has 0 bridgehead atoms. The van der Waals surface area contributed by atoms with E-state index in [0.717, 1.165) is 51.4 Å². The Morgan fingerprint density at radius 1 is 0.625 bits per heavy atom. The molecule has 0 aromatic heterocycles. The summed E-state index contributed by atoms with van der Waals surface area (Å²) in [4.78, 5) is 34.8. The number of ether oxygens (including phenoxy) is 3. The fourth-order valence-electron chi connectivity index (χ4n) is 5.36. The second kappa shape index (κ2) is 36.5. The molecule has 10 nitrogen and oxygen atoms in total. The molecule has 3 N–H and O–H groups in total. The summed E-state index contributed by atoms with van der Waals surface area (Å²) in [6, 6.07) is 0. The van der Waals surface area contributed by atoms with Gasteiger partial charge in [0.2, 0.25) is 0 Å². The summed E-state index contributed by atoms with van der Waals surface area (Å²) < 4.78 is 38.4. The van der Waals surface area contributed by atoms with Gasteiger partial charge >= 0.3 is 19.8 Å². The fourth-order valence-corrected chi connectivity index (χ4v) is 6.13. The second-order valence-electron chi connectivity index (χ2n) is 13.9. The highest BCUT2D eigenvalue weighted by Crippen LogP contribution is 2.43. The van der Waals surface area contributed by atoms with E-state index < -0.39 is 32.5 Å². The molecule has 11 heteroatoms. The third-order valence-corrected chi connectivity index (χ3v) is 9.64. The maximum Gasteiger partial charge on any atom is 0.472 e. The summed E-state index contributed by atoms with van der Waals surface area (Å²) >= 11 is 0. The SMILES string of the molecule is CCCCC/C=C\C/C=C\C/C=C\C/C=C\CCCC(=O)OC[C@H](COP(=O)(O)OCCN)OC(=O)CCC/C=C\C/C=C\CC1OC1C/C=C\CCCCC. The zero-order chi connectivity index (χ0) is 40.8. The number of unbranched alkanes of at least 4 members (excludes halogenated alkanes) is 8. The van der Waals surface area contributed by atoms with E-state index in [0.29, 0.717) is 31.5 Å². The van der Waals surface area contributed by atoms with Crippen LogP contribution in [0.1, 0.15) is 142 Å². The number of allylic oxidation sites excluding steroid dienone is 12. The molecule has 56 heavy (non-hydrogen) atoms. The van der Waals surface area contributed by atoms with E-state index >= 15 is 0 Å². The largest absolute Gasteiger partial charge is 0.472 e. The van der Waals surface area contributed by atoms with E-state index in [1.807, 2.05) is 12.2 Å². The van der Waals surface area contributed by atoms with Crippen LogP contribution in [0.5, 0.6) is 0 Å². The molecule has 1 fully saturated rings. The van der Waals surface area contributed by atoms with Crippen molar-refractivity contribution in [1.29, 1.82) is 0 Å². The monoisotopic (exact) mass is 804 g/mol. The van der Waals surface area contributed by atoms with Crippen molar-refractivity contribution in [1.82, 2.24) is 0 Å². The van der Waals surface area contributed by atoms with Gasteiger partial charge in [0.15, 0.2) is 6.10 Å². The van der Waals surface area contributed by atoms with Crippen LogP contribution < -0.4 is 5.73 Å². The number of epoxide rings is 1. The molecule has 1 heterocycles. The molecule has 0 radical (unpaired) electrons. The average Bonchev–Trinajstić information content (AvgIpc) is 3.94. The molecular weight excluding hydrogens is 729 g/mol. The Morgan fingerprint density at radius 3 is 1.59 bits per heavy atom. The maximum absolute atomic E-state index is 12.6. The van der Waals surface area contributed by atoms with Gasteiger partial charge in [-0.15, -0.1) is 0 Å². The third-order valence-electron chi connectivity index (χ3n) is 8.66. The van der Waals surface area contributed by atoms with E-state index in [1.165, 1.54) is 44.9 Å². The van der Waals surface area contributed by atoms with Crippen LogP contribution in [0, 0.1) is 0 Å². The predicted molar refractivity (Wildman–Crippen MR) is 228 cm³/mol. The average molecular weight is 804 g/mol. The molecule has 1 saturated heterocycles. The summed E-state index contributed by atoms with van der Waals surface area (Å²) in [5.41, 5.74) is 5.34. The maximum atomic E-state index is 12.6. The topological polar surface area (TPSA) is 147 Å².